The number of carbonyl (C=O) groups is 2. The number of likely N-dealkylation sites (tertiary alicyclic amines) is 1. The fourth-order valence-electron chi connectivity index (χ4n) is 2.76. The van der Waals surface area contributed by atoms with E-state index in [1.165, 1.54) is 11.1 Å². The number of aryl methyl sites for hydroxylation is 1. The smallest absolute Gasteiger partial charge is 0.325 e. The molecule has 1 saturated heterocycles. The highest BCUT2D eigenvalue weighted by Crippen LogP contribution is 2.33. The average molecular weight is 290 g/mol. The van der Waals surface area contributed by atoms with E-state index < -0.39 is 5.97 Å². The van der Waals surface area contributed by atoms with E-state index in [1.807, 2.05) is 17.0 Å². The first-order valence-electron chi connectivity index (χ1n) is 7.39. The molecule has 0 spiro atoms. The summed E-state index contributed by atoms with van der Waals surface area (Å²) in [6.07, 6.45) is 1.93. The fraction of sp³-hybridized carbons (Fsp3) is 0.500. The number of benzene rings is 1. The first kappa shape index (κ1) is 15.4. The summed E-state index contributed by atoms with van der Waals surface area (Å²) >= 11 is 0. The van der Waals surface area contributed by atoms with Crippen LogP contribution < -0.4 is 5.32 Å². The fourth-order valence-corrected chi connectivity index (χ4v) is 2.76. The van der Waals surface area contributed by atoms with Crippen LogP contribution in [-0.2, 0) is 9.53 Å². The minimum atomic E-state index is -0.405. The van der Waals surface area contributed by atoms with Crippen molar-refractivity contribution in [3.63, 3.8) is 0 Å². The van der Waals surface area contributed by atoms with Gasteiger partial charge >= 0.3 is 12.0 Å². The van der Waals surface area contributed by atoms with Gasteiger partial charge in [-0.05, 0) is 37.8 Å². The largest absolute Gasteiger partial charge is 0.465 e. The lowest BCUT2D eigenvalue weighted by Gasteiger charge is -2.26. The summed E-state index contributed by atoms with van der Waals surface area (Å²) in [6.45, 7) is 4.76. The van der Waals surface area contributed by atoms with Crippen molar-refractivity contribution < 1.29 is 14.3 Å². The van der Waals surface area contributed by atoms with Crippen molar-refractivity contribution in [1.29, 1.82) is 0 Å². The first-order valence-corrected chi connectivity index (χ1v) is 7.39. The van der Waals surface area contributed by atoms with Crippen molar-refractivity contribution in [3.8, 4) is 0 Å². The number of amides is 2. The summed E-state index contributed by atoms with van der Waals surface area (Å²) in [5.41, 5.74) is 2.37. The van der Waals surface area contributed by atoms with Gasteiger partial charge in [-0.25, -0.2) is 4.79 Å². The molecule has 114 valence electrons. The van der Waals surface area contributed by atoms with Crippen LogP contribution in [0.1, 0.15) is 36.9 Å². The van der Waals surface area contributed by atoms with Gasteiger partial charge in [0.1, 0.15) is 6.54 Å². The number of esters is 1. The van der Waals surface area contributed by atoms with Crippen molar-refractivity contribution in [1.82, 2.24) is 10.2 Å². The number of hydrogen-bond donors (Lipinski definition) is 1. The average Bonchev–Trinajstić information content (AvgIpc) is 2.95. The summed E-state index contributed by atoms with van der Waals surface area (Å²) in [4.78, 5) is 25.4. The van der Waals surface area contributed by atoms with Gasteiger partial charge in [-0.3, -0.25) is 4.79 Å². The van der Waals surface area contributed by atoms with Crippen LogP contribution in [0.3, 0.4) is 0 Å². The number of ether oxygens (including phenoxy) is 1. The van der Waals surface area contributed by atoms with E-state index in [4.69, 9.17) is 4.74 Å². The third kappa shape index (κ3) is 3.74. The number of urea groups is 1. The quantitative estimate of drug-likeness (QED) is 0.866. The van der Waals surface area contributed by atoms with Crippen molar-refractivity contribution in [2.75, 3.05) is 19.7 Å². The number of hydrogen-bond acceptors (Lipinski definition) is 3. The van der Waals surface area contributed by atoms with Gasteiger partial charge in [0, 0.05) is 6.54 Å². The highest BCUT2D eigenvalue weighted by molar-refractivity contribution is 5.81. The third-order valence-corrected chi connectivity index (χ3v) is 3.75. The van der Waals surface area contributed by atoms with Crippen molar-refractivity contribution in [2.45, 2.75) is 32.7 Å². The Hall–Kier alpha value is -2.04. The molecule has 1 aliphatic heterocycles. The van der Waals surface area contributed by atoms with Crippen LogP contribution in [0.15, 0.2) is 24.3 Å². The molecule has 2 rings (SSSR count). The molecule has 1 aliphatic rings. The molecular formula is C16H22N2O3. The van der Waals surface area contributed by atoms with Gasteiger partial charge in [-0.1, -0.05) is 24.3 Å². The molecule has 1 aromatic carbocycles. The summed E-state index contributed by atoms with van der Waals surface area (Å²) in [7, 11) is 0. The molecular weight excluding hydrogens is 268 g/mol. The Morgan fingerprint density at radius 3 is 2.86 bits per heavy atom. The van der Waals surface area contributed by atoms with Crippen LogP contribution in [0.2, 0.25) is 0 Å². The van der Waals surface area contributed by atoms with E-state index >= 15 is 0 Å². The predicted octanol–water partition coefficient (Wildman–Crippen LogP) is 2.40. The maximum Gasteiger partial charge on any atom is 0.325 e. The van der Waals surface area contributed by atoms with E-state index in [-0.39, 0.29) is 18.6 Å². The molecule has 1 N–H and O–H groups in total. The van der Waals surface area contributed by atoms with Gasteiger partial charge in [-0.15, -0.1) is 0 Å². The van der Waals surface area contributed by atoms with E-state index in [2.05, 4.69) is 24.4 Å². The lowest BCUT2D eigenvalue weighted by molar-refractivity contribution is -0.141. The molecule has 1 atom stereocenters. The zero-order chi connectivity index (χ0) is 15.2. The number of nitrogens with zero attached hydrogens (tertiary/aromatic N) is 1. The topological polar surface area (TPSA) is 58.6 Å². The number of carbonyl (C=O) groups excluding carboxylic acids is 2. The van der Waals surface area contributed by atoms with Gasteiger partial charge in [0.25, 0.3) is 0 Å². The molecule has 0 aromatic heterocycles. The minimum Gasteiger partial charge on any atom is -0.465 e. The first-order chi connectivity index (χ1) is 10.1. The van der Waals surface area contributed by atoms with Crippen LogP contribution in [0.25, 0.3) is 0 Å². The second kappa shape index (κ2) is 7.11. The molecule has 0 radical (unpaired) electrons. The summed E-state index contributed by atoms with van der Waals surface area (Å²) < 4.78 is 4.81. The lowest BCUT2D eigenvalue weighted by atomic mass is 9.99. The maximum absolute atomic E-state index is 12.3. The van der Waals surface area contributed by atoms with Gasteiger partial charge in [0.05, 0.1) is 12.6 Å². The van der Waals surface area contributed by atoms with Crippen LogP contribution in [-0.4, -0.2) is 36.6 Å². The van der Waals surface area contributed by atoms with E-state index in [0.717, 1.165) is 12.8 Å². The molecule has 2 amide bonds. The zero-order valence-corrected chi connectivity index (χ0v) is 12.6. The molecule has 5 nitrogen and oxygen atoms in total. The summed E-state index contributed by atoms with van der Waals surface area (Å²) in [5.74, 6) is -0.405. The maximum atomic E-state index is 12.3. The van der Waals surface area contributed by atoms with Crippen LogP contribution in [0, 0.1) is 6.92 Å². The zero-order valence-electron chi connectivity index (χ0n) is 12.6. The summed E-state index contributed by atoms with van der Waals surface area (Å²) in [6, 6.07) is 8.01. The second-order valence-electron chi connectivity index (χ2n) is 5.17. The number of rotatable bonds is 4. The molecule has 21 heavy (non-hydrogen) atoms. The van der Waals surface area contributed by atoms with E-state index in [9.17, 15) is 9.59 Å². The monoisotopic (exact) mass is 290 g/mol. The highest BCUT2D eigenvalue weighted by Gasteiger charge is 2.30. The van der Waals surface area contributed by atoms with Crippen LogP contribution in [0.5, 0.6) is 0 Å². The third-order valence-electron chi connectivity index (χ3n) is 3.75. The minimum absolute atomic E-state index is 0.0797. The highest BCUT2D eigenvalue weighted by atomic mass is 16.5. The SMILES string of the molecule is CCOC(=O)CNC(=O)N1CCC[C@@H]1c1ccccc1C. The van der Waals surface area contributed by atoms with Crippen molar-refractivity contribution >= 4 is 12.0 Å². The Bertz CT molecular complexity index is 516. The molecule has 0 bridgehead atoms. The van der Waals surface area contributed by atoms with Crippen LogP contribution in [0.4, 0.5) is 4.79 Å². The normalized spacial score (nSPS) is 17.6. The Labute approximate surface area is 125 Å². The van der Waals surface area contributed by atoms with E-state index in [0.29, 0.717) is 13.2 Å². The molecule has 5 heteroatoms. The van der Waals surface area contributed by atoms with Gasteiger partial charge < -0.3 is 15.0 Å². The standard InChI is InChI=1S/C16H22N2O3/c1-3-21-15(19)11-17-16(20)18-10-6-9-14(18)13-8-5-4-7-12(13)2/h4-5,7-8,14H,3,6,9-11H2,1-2H3,(H,17,20)/t14-/m1/s1. The van der Waals surface area contributed by atoms with Gasteiger partial charge in [-0.2, -0.15) is 0 Å². The van der Waals surface area contributed by atoms with Crippen LogP contribution >= 0.6 is 0 Å². The molecule has 0 unspecified atom stereocenters. The van der Waals surface area contributed by atoms with Gasteiger partial charge in [0.15, 0.2) is 0 Å². The van der Waals surface area contributed by atoms with Gasteiger partial charge in [0.2, 0.25) is 0 Å². The second-order valence-corrected chi connectivity index (χ2v) is 5.17. The summed E-state index contributed by atoms with van der Waals surface area (Å²) in [5, 5.41) is 2.64. The lowest BCUT2D eigenvalue weighted by Crippen LogP contribution is -2.42. The molecule has 0 aliphatic carbocycles. The Balaban J connectivity index is 2.00. The van der Waals surface area contributed by atoms with Crippen molar-refractivity contribution in [2.24, 2.45) is 0 Å². The predicted molar refractivity (Wildman–Crippen MR) is 79.9 cm³/mol. The van der Waals surface area contributed by atoms with Crippen molar-refractivity contribution in [3.05, 3.63) is 35.4 Å². The van der Waals surface area contributed by atoms with E-state index in [1.54, 1.807) is 6.92 Å². The molecule has 0 saturated carbocycles. The Morgan fingerprint density at radius 2 is 2.14 bits per heavy atom. The molecule has 1 fully saturated rings. The Kier molecular flexibility index (Phi) is 5.20. The molecule has 1 aromatic rings. The molecule has 1 heterocycles. The number of nitrogens with one attached hydrogen (secondary N) is 1. The Morgan fingerprint density at radius 1 is 1.38 bits per heavy atom.